The van der Waals surface area contributed by atoms with Crippen LogP contribution in [0.5, 0.6) is 0 Å². The largest absolute Gasteiger partial charge is 0.388 e. The average Bonchev–Trinajstić information content (AvgIpc) is 2.31. The van der Waals surface area contributed by atoms with E-state index in [2.05, 4.69) is 10.6 Å². The van der Waals surface area contributed by atoms with Crippen LogP contribution in [-0.2, 0) is 103 Å². The van der Waals surface area contributed by atoms with Crippen molar-refractivity contribution in [2.24, 2.45) is 0 Å². The molecule has 1 fully saturated rings. The van der Waals surface area contributed by atoms with Gasteiger partial charge in [-0.1, -0.05) is 0 Å². The molecule has 5 N–H and O–H groups in total. The number of nitrogens with one attached hydrogen (secondary N) is 2. The van der Waals surface area contributed by atoms with Gasteiger partial charge in [-0.2, -0.15) is 0 Å². The Labute approximate surface area is 222 Å². The Morgan fingerprint density at radius 2 is 0.958 bits per heavy atom. The molecule has 1 rings (SSSR count). The van der Waals surface area contributed by atoms with Crippen molar-refractivity contribution in [1.29, 1.82) is 0 Å². The Hall–Kier alpha value is 3.07. The van der Waals surface area contributed by atoms with Gasteiger partial charge in [0.15, 0.2) is 0 Å². The Bertz CT molecular complexity index is 308. The van der Waals surface area contributed by atoms with Gasteiger partial charge in [-0.3, -0.25) is 0 Å². The van der Waals surface area contributed by atoms with Crippen LogP contribution in [0.25, 0.3) is 0 Å². The van der Waals surface area contributed by atoms with Gasteiger partial charge in [0.05, 0.1) is 12.2 Å². The van der Waals surface area contributed by atoms with E-state index in [0.717, 1.165) is 0 Å². The Balaban J connectivity index is -0.00000147. The minimum atomic E-state index is -1.20. The topological polar surface area (TPSA) is 94.0 Å². The SMILES string of the molecule is CC(C)(C)NC[C@@H]1O[C@H](CNC(C)(C)C)[C@@H](O)C(O)[C@H]1O.[Y].[Y].[Y]. The maximum absolute atomic E-state index is 10.1. The molecule has 135 valence electrons. The number of aliphatic hydroxyl groups excluding tert-OH is 3. The first kappa shape index (κ1) is 31.8. The number of hydrogen-bond donors (Lipinski definition) is 5. The molecular weight excluding hydrogens is 539 g/mol. The summed E-state index contributed by atoms with van der Waals surface area (Å²) in [4.78, 5) is 0. The molecule has 1 aliphatic rings. The third-order valence-electron chi connectivity index (χ3n) is 3.48. The van der Waals surface area contributed by atoms with Gasteiger partial charge in [-0.15, -0.1) is 0 Å². The molecule has 24 heavy (non-hydrogen) atoms. The first-order valence-corrected chi connectivity index (χ1v) is 7.60. The number of ether oxygens (including phenoxy) is 1. The van der Waals surface area contributed by atoms with Gasteiger partial charge in [0.1, 0.15) is 18.3 Å². The van der Waals surface area contributed by atoms with Crippen LogP contribution >= 0.6 is 0 Å². The first-order chi connectivity index (χ1) is 9.41. The molecule has 5 atom stereocenters. The number of aliphatic hydroxyl groups is 3. The van der Waals surface area contributed by atoms with Crippen LogP contribution in [0, 0.1) is 0 Å². The fourth-order valence-corrected chi connectivity index (χ4v) is 2.18. The van der Waals surface area contributed by atoms with Gasteiger partial charge in [0.2, 0.25) is 0 Å². The molecule has 0 aromatic rings. The third-order valence-corrected chi connectivity index (χ3v) is 3.48. The maximum Gasteiger partial charge on any atom is 0.111 e. The molecule has 0 bridgehead atoms. The Morgan fingerprint density at radius 1 is 0.667 bits per heavy atom. The molecule has 0 aromatic heterocycles. The van der Waals surface area contributed by atoms with E-state index in [9.17, 15) is 15.3 Å². The molecule has 1 saturated heterocycles. The predicted molar refractivity (Wildman–Crippen MR) is 82.2 cm³/mol. The number of rotatable bonds is 4. The van der Waals surface area contributed by atoms with Gasteiger partial charge in [-0.25, -0.2) is 0 Å². The van der Waals surface area contributed by atoms with Crippen molar-refractivity contribution in [1.82, 2.24) is 10.6 Å². The van der Waals surface area contributed by atoms with Crippen LogP contribution in [-0.4, -0.2) is 70.0 Å². The quantitative estimate of drug-likeness (QED) is 0.316. The molecule has 6 nitrogen and oxygen atoms in total. The first-order valence-electron chi connectivity index (χ1n) is 7.60. The summed E-state index contributed by atoms with van der Waals surface area (Å²) in [6.45, 7) is 13.0. The van der Waals surface area contributed by atoms with E-state index >= 15 is 0 Å². The van der Waals surface area contributed by atoms with Crippen LogP contribution in [0.15, 0.2) is 0 Å². The summed E-state index contributed by atoms with van der Waals surface area (Å²) < 4.78 is 5.79. The summed E-state index contributed by atoms with van der Waals surface area (Å²) in [5.41, 5.74) is -0.216. The summed E-state index contributed by atoms with van der Waals surface area (Å²) in [7, 11) is 0. The molecule has 1 heterocycles. The second-order valence-electron chi connectivity index (χ2n) is 7.95. The van der Waals surface area contributed by atoms with E-state index in [1.807, 2.05) is 41.5 Å². The monoisotopic (exact) mass is 571 g/mol. The zero-order valence-corrected chi connectivity index (χ0v) is 24.3. The zero-order chi connectivity index (χ0) is 16.4. The van der Waals surface area contributed by atoms with E-state index in [4.69, 9.17) is 4.74 Å². The summed E-state index contributed by atoms with van der Waals surface area (Å²) in [5.74, 6) is 0. The standard InChI is InChI=1S/C15H32N2O4.3Y/c1-14(2,3)16-7-9-11(18)13(20)12(19)10(21-9)8-17-15(4,5)6;;;/h9-13,16-20H,7-8H2,1-6H3;;;/t9-,10+,11-,12+,13?;;;. The Morgan fingerprint density at radius 3 is 1.21 bits per heavy atom. The molecular formula is C15H32N2O4Y3. The summed E-state index contributed by atoms with van der Waals surface area (Å²) in [6, 6.07) is 0. The minimum Gasteiger partial charge on any atom is -0.388 e. The van der Waals surface area contributed by atoms with Gasteiger partial charge in [-0.05, 0) is 41.5 Å². The van der Waals surface area contributed by atoms with E-state index in [1.54, 1.807) is 0 Å². The molecule has 0 aromatic carbocycles. The summed E-state index contributed by atoms with van der Waals surface area (Å²) in [6.07, 6.45) is -4.48. The van der Waals surface area contributed by atoms with Crippen LogP contribution in [0.1, 0.15) is 41.5 Å². The van der Waals surface area contributed by atoms with Crippen molar-refractivity contribution in [2.45, 2.75) is 83.1 Å². The van der Waals surface area contributed by atoms with Crippen molar-refractivity contribution in [3.8, 4) is 0 Å². The van der Waals surface area contributed by atoms with Crippen molar-refractivity contribution in [2.75, 3.05) is 13.1 Å². The average molecular weight is 571 g/mol. The minimum absolute atomic E-state index is 0. The van der Waals surface area contributed by atoms with Gasteiger partial charge >= 0.3 is 0 Å². The van der Waals surface area contributed by atoms with Crippen LogP contribution < -0.4 is 10.6 Å². The molecule has 1 unspecified atom stereocenters. The fraction of sp³-hybridized carbons (Fsp3) is 1.00. The fourth-order valence-electron chi connectivity index (χ4n) is 2.18. The molecule has 0 amide bonds. The molecule has 0 saturated carbocycles. The van der Waals surface area contributed by atoms with E-state index in [-0.39, 0.29) is 109 Å². The van der Waals surface area contributed by atoms with Crippen molar-refractivity contribution in [3.63, 3.8) is 0 Å². The number of hydrogen-bond acceptors (Lipinski definition) is 6. The molecule has 0 spiro atoms. The van der Waals surface area contributed by atoms with E-state index in [0.29, 0.717) is 13.1 Å². The third kappa shape index (κ3) is 11.8. The Kier molecular flexibility index (Phi) is 17.6. The molecule has 0 aliphatic carbocycles. The predicted octanol–water partition coefficient (Wildman–Crippen LogP) is -0.395. The summed E-state index contributed by atoms with van der Waals surface area (Å²) in [5, 5.41) is 36.6. The van der Waals surface area contributed by atoms with E-state index < -0.39 is 30.5 Å². The van der Waals surface area contributed by atoms with Crippen molar-refractivity contribution < 1.29 is 118 Å². The van der Waals surface area contributed by atoms with Crippen LogP contribution in [0.2, 0.25) is 0 Å². The van der Waals surface area contributed by atoms with E-state index in [1.165, 1.54) is 0 Å². The van der Waals surface area contributed by atoms with Crippen molar-refractivity contribution >= 4 is 0 Å². The maximum atomic E-state index is 10.1. The second kappa shape index (κ2) is 13.3. The normalized spacial score (nSPS) is 30.6. The van der Waals surface area contributed by atoms with Crippen LogP contribution in [0.3, 0.4) is 0 Å². The van der Waals surface area contributed by atoms with Crippen molar-refractivity contribution in [3.05, 3.63) is 0 Å². The molecule has 9 heteroatoms. The summed E-state index contributed by atoms with van der Waals surface area (Å²) >= 11 is 0. The molecule has 3 radical (unpaired) electrons. The second-order valence-corrected chi connectivity index (χ2v) is 7.95. The molecule has 1 aliphatic heterocycles. The van der Waals surface area contributed by atoms with Crippen LogP contribution in [0.4, 0.5) is 0 Å². The zero-order valence-electron chi connectivity index (χ0n) is 15.8. The van der Waals surface area contributed by atoms with Gasteiger partial charge in [0, 0.05) is 122 Å². The van der Waals surface area contributed by atoms with Gasteiger partial charge in [0.25, 0.3) is 0 Å². The van der Waals surface area contributed by atoms with Gasteiger partial charge < -0.3 is 30.7 Å². The smallest absolute Gasteiger partial charge is 0.111 e.